The molecule has 0 aliphatic heterocycles. The summed E-state index contributed by atoms with van der Waals surface area (Å²) in [7, 11) is 0. The van der Waals surface area contributed by atoms with E-state index in [-0.39, 0.29) is 11.3 Å². The largest absolute Gasteiger partial charge is 0.305 e. The van der Waals surface area contributed by atoms with Crippen LogP contribution in [-0.2, 0) is 5.54 Å². The average molecular weight is 370 g/mol. The van der Waals surface area contributed by atoms with Gasteiger partial charge in [-0.25, -0.2) is 0 Å². The van der Waals surface area contributed by atoms with E-state index in [1.54, 1.807) is 4.68 Å². The first kappa shape index (κ1) is 16.3. The Balaban J connectivity index is 2.70. The molecular formula is C14H13BrFN3O3. The van der Waals surface area contributed by atoms with E-state index in [0.717, 1.165) is 12.1 Å². The quantitative estimate of drug-likeness (QED) is 0.466. The average Bonchev–Trinajstić information content (AvgIpc) is 2.75. The van der Waals surface area contributed by atoms with Crippen LogP contribution in [0.5, 0.6) is 0 Å². The first-order valence-electron chi connectivity index (χ1n) is 6.35. The molecule has 0 saturated heterocycles. The molecule has 1 aromatic heterocycles. The molecule has 0 saturated carbocycles. The molecule has 0 fully saturated rings. The molecule has 0 radical (unpaired) electrons. The second-order valence-corrected chi connectivity index (χ2v) is 6.43. The van der Waals surface area contributed by atoms with Crippen molar-refractivity contribution in [1.29, 1.82) is 0 Å². The van der Waals surface area contributed by atoms with Gasteiger partial charge in [-0.1, -0.05) is 0 Å². The molecule has 0 unspecified atom stereocenters. The van der Waals surface area contributed by atoms with E-state index in [9.17, 15) is 19.3 Å². The van der Waals surface area contributed by atoms with Crippen LogP contribution in [0.2, 0.25) is 0 Å². The van der Waals surface area contributed by atoms with Crippen molar-refractivity contribution in [3.8, 4) is 11.3 Å². The molecular weight excluding hydrogens is 357 g/mol. The van der Waals surface area contributed by atoms with Gasteiger partial charge in [-0.2, -0.15) is 9.49 Å². The molecule has 116 valence electrons. The second-order valence-electron chi connectivity index (χ2n) is 5.68. The van der Waals surface area contributed by atoms with Crippen LogP contribution in [0, 0.1) is 15.9 Å². The molecule has 0 N–H and O–H groups in total. The molecule has 8 heteroatoms. The molecule has 0 spiro atoms. The van der Waals surface area contributed by atoms with E-state index < -0.39 is 22.0 Å². The number of halogens is 2. The zero-order chi connectivity index (χ0) is 16.7. The fraction of sp³-hybridized carbons (Fsp3) is 0.286. The third-order valence-corrected chi connectivity index (χ3v) is 3.80. The zero-order valence-electron chi connectivity index (χ0n) is 12.1. The summed E-state index contributed by atoms with van der Waals surface area (Å²) in [6, 6.07) is 3.42. The van der Waals surface area contributed by atoms with Gasteiger partial charge < -0.3 is 0 Å². The number of benzene rings is 1. The van der Waals surface area contributed by atoms with Crippen molar-refractivity contribution in [2.24, 2.45) is 0 Å². The van der Waals surface area contributed by atoms with Crippen LogP contribution >= 0.6 is 15.9 Å². The van der Waals surface area contributed by atoms with Crippen molar-refractivity contribution in [3.05, 3.63) is 44.3 Å². The van der Waals surface area contributed by atoms with E-state index in [2.05, 4.69) is 21.0 Å². The summed E-state index contributed by atoms with van der Waals surface area (Å²) < 4.78 is 15.5. The smallest absolute Gasteiger partial charge is 0.298 e. The standard InChI is InChI=1S/C14H13BrFN3O3/c1-14(2,3)18-13(15)9(7-20)12(17-18)8-4-5-10(16)11(6-8)19(21)22/h4-7H,1-3H3. The maximum Gasteiger partial charge on any atom is 0.305 e. The number of hydrogen-bond donors (Lipinski definition) is 0. The Bertz CT molecular complexity index is 765. The summed E-state index contributed by atoms with van der Waals surface area (Å²) in [5, 5.41) is 15.2. The van der Waals surface area contributed by atoms with Gasteiger partial charge in [0.05, 0.1) is 16.0 Å². The summed E-state index contributed by atoms with van der Waals surface area (Å²) in [5.41, 5.74) is -0.230. The minimum Gasteiger partial charge on any atom is -0.298 e. The number of aromatic nitrogens is 2. The van der Waals surface area contributed by atoms with Crippen molar-refractivity contribution in [1.82, 2.24) is 9.78 Å². The van der Waals surface area contributed by atoms with E-state index >= 15 is 0 Å². The van der Waals surface area contributed by atoms with Gasteiger partial charge in [-0.05, 0) is 48.8 Å². The first-order chi connectivity index (χ1) is 10.2. The highest BCUT2D eigenvalue weighted by molar-refractivity contribution is 9.10. The molecule has 22 heavy (non-hydrogen) atoms. The van der Waals surface area contributed by atoms with Crippen LogP contribution in [0.4, 0.5) is 10.1 Å². The summed E-state index contributed by atoms with van der Waals surface area (Å²) >= 11 is 3.32. The lowest BCUT2D eigenvalue weighted by atomic mass is 10.1. The van der Waals surface area contributed by atoms with Crippen molar-refractivity contribution in [3.63, 3.8) is 0 Å². The van der Waals surface area contributed by atoms with Crippen LogP contribution < -0.4 is 0 Å². The van der Waals surface area contributed by atoms with Gasteiger partial charge in [0.15, 0.2) is 6.29 Å². The van der Waals surface area contributed by atoms with Crippen LogP contribution in [0.15, 0.2) is 22.8 Å². The third kappa shape index (κ3) is 2.78. The number of carbonyl (C=O) groups is 1. The van der Waals surface area contributed by atoms with Crippen molar-refractivity contribution < 1.29 is 14.1 Å². The predicted octanol–water partition coefficient (Wildman–Crippen LogP) is 3.93. The van der Waals surface area contributed by atoms with Crippen LogP contribution in [0.25, 0.3) is 11.3 Å². The van der Waals surface area contributed by atoms with Crippen molar-refractivity contribution in [2.75, 3.05) is 0 Å². The Morgan fingerprint density at radius 3 is 2.55 bits per heavy atom. The van der Waals surface area contributed by atoms with Gasteiger partial charge in [0.2, 0.25) is 5.82 Å². The van der Waals surface area contributed by atoms with Crippen LogP contribution in [0.3, 0.4) is 0 Å². The molecule has 2 aromatic rings. The summed E-state index contributed by atoms with van der Waals surface area (Å²) in [6.45, 7) is 5.70. The molecule has 0 atom stereocenters. The molecule has 0 aliphatic rings. The van der Waals surface area contributed by atoms with Gasteiger partial charge in [0.25, 0.3) is 0 Å². The molecule has 1 heterocycles. The number of carbonyl (C=O) groups excluding carboxylic acids is 1. The summed E-state index contributed by atoms with van der Waals surface area (Å²) in [4.78, 5) is 21.4. The minimum atomic E-state index is -0.935. The first-order valence-corrected chi connectivity index (χ1v) is 7.14. The van der Waals surface area contributed by atoms with E-state index in [0.29, 0.717) is 16.5 Å². The van der Waals surface area contributed by atoms with Crippen LogP contribution in [0.1, 0.15) is 31.1 Å². The van der Waals surface area contributed by atoms with Gasteiger partial charge in [0.1, 0.15) is 10.3 Å². The third-order valence-electron chi connectivity index (χ3n) is 3.03. The Morgan fingerprint density at radius 2 is 2.05 bits per heavy atom. The summed E-state index contributed by atoms with van der Waals surface area (Å²) in [6.07, 6.45) is 0.615. The number of nitrogens with zero attached hydrogens (tertiary/aromatic N) is 3. The van der Waals surface area contributed by atoms with Gasteiger partial charge >= 0.3 is 5.69 Å². The number of aldehydes is 1. The lowest BCUT2D eigenvalue weighted by Crippen LogP contribution is -2.23. The highest BCUT2D eigenvalue weighted by atomic mass is 79.9. The zero-order valence-corrected chi connectivity index (χ0v) is 13.7. The monoisotopic (exact) mass is 369 g/mol. The SMILES string of the molecule is CC(C)(C)n1nc(-c2ccc(F)c([N+](=O)[O-])c2)c(C=O)c1Br. The summed E-state index contributed by atoms with van der Waals surface area (Å²) in [5.74, 6) is -0.935. The van der Waals surface area contributed by atoms with E-state index in [4.69, 9.17) is 0 Å². The van der Waals surface area contributed by atoms with Gasteiger partial charge in [-0.15, -0.1) is 0 Å². The number of rotatable bonds is 3. The number of hydrogen-bond acceptors (Lipinski definition) is 4. The van der Waals surface area contributed by atoms with Crippen molar-refractivity contribution in [2.45, 2.75) is 26.3 Å². The number of nitro groups is 1. The topological polar surface area (TPSA) is 78.0 Å². The van der Waals surface area contributed by atoms with Gasteiger partial charge in [-0.3, -0.25) is 19.6 Å². The fourth-order valence-corrected chi connectivity index (χ4v) is 2.86. The molecule has 0 aliphatic carbocycles. The lowest BCUT2D eigenvalue weighted by Gasteiger charge is -2.20. The molecule has 6 nitrogen and oxygen atoms in total. The molecule has 1 aromatic carbocycles. The van der Waals surface area contributed by atoms with E-state index in [1.165, 1.54) is 6.07 Å². The van der Waals surface area contributed by atoms with Crippen LogP contribution in [-0.4, -0.2) is 21.0 Å². The predicted molar refractivity (Wildman–Crippen MR) is 82.4 cm³/mol. The Morgan fingerprint density at radius 1 is 1.41 bits per heavy atom. The maximum absolute atomic E-state index is 13.4. The van der Waals surface area contributed by atoms with Crippen molar-refractivity contribution >= 4 is 27.9 Å². The normalized spacial score (nSPS) is 11.5. The molecule has 0 amide bonds. The highest BCUT2D eigenvalue weighted by Crippen LogP contribution is 2.33. The second kappa shape index (κ2) is 5.60. The Kier molecular flexibility index (Phi) is 4.15. The highest BCUT2D eigenvalue weighted by Gasteiger charge is 2.25. The Labute approximate surface area is 134 Å². The maximum atomic E-state index is 13.4. The van der Waals surface area contributed by atoms with E-state index in [1.807, 2.05) is 20.8 Å². The fourth-order valence-electron chi connectivity index (χ4n) is 1.97. The number of nitro benzene ring substituents is 1. The minimum absolute atomic E-state index is 0.260. The molecule has 0 bridgehead atoms. The molecule has 2 rings (SSSR count). The van der Waals surface area contributed by atoms with Gasteiger partial charge in [0, 0.05) is 11.6 Å². The Hall–Kier alpha value is -2.09. The lowest BCUT2D eigenvalue weighted by molar-refractivity contribution is -0.387.